The Labute approximate surface area is 155 Å². The highest BCUT2D eigenvalue weighted by molar-refractivity contribution is 6.14. The molecule has 0 unspecified atom stereocenters. The molecule has 0 bridgehead atoms. The summed E-state index contributed by atoms with van der Waals surface area (Å²) in [5.41, 5.74) is 2.13. The smallest absolute Gasteiger partial charge is 0.255 e. The molecule has 8 heteroatoms. The molecule has 0 saturated carbocycles. The fraction of sp³-hybridized carbons (Fsp3) is 0.263. The van der Waals surface area contributed by atoms with Crippen molar-refractivity contribution >= 4 is 28.5 Å². The van der Waals surface area contributed by atoms with Gasteiger partial charge in [0.2, 0.25) is 0 Å². The number of anilines is 1. The van der Waals surface area contributed by atoms with Crippen molar-refractivity contribution in [2.24, 2.45) is 0 Å². The standard InChI is InChI=1S/C19H21FN6O/c1-19(2,3)26-18(27)12-8-23-17-16(12)25-14(9-24-17)15(21)11-6-5-10(20)7-13(11)22-4/h5-9,21-22H,1-4H3,(H,23,24)(H,26,27). The summed E-state index contributed by atoms with van der Waals surface area (Å²) in [6.07, 6.45) is 3.01. The van der Waals surface area contributed by atoms with Crippen molar-refractivity contribution in [2.75, 3.05) is 12.4 Å². The Kier molecular flexibility index (Phi) is 4.65. The average Bonchev–Trinajstić information content (AvgIpc) is 3.02. The first-order valence-electron chi connectivity index (χ1n) is 8.43. The van der Waals surface area contributed by atoms with E-state index < -0.39 is 11.4 Å². The van der Waals surface area contributed by atoms with Crippen molar-refractivity contribution in [3.05, 3.63) is 53.2 Å². The van der Waals surface area contributed by atoms with Gasteiger partial charge in [0.15, 0.2) is 5.65 Å². The first-order valence-corrected chi connectivity index (χ1v) is 8.43. The molecule has 0 saturated heterocycles. The molecule has 0 fully saturated rings. The number of aromatic amines is 1. The Morgan fingerprint density at radius 2 is 2.00 bits per heavy atom. The maximum absolute atomic E-state index is 13.5. The van der Waals surface area contributed by atoms with Crippen molar-refractivity contribution in [1.82, 2.24) is 20.3 Å². The Bertz CT molecular complexity index is 1030. The molecule has 1 amide bonds. The zero-order chi connectivity index (χ0) is 19.8. The van der Waals surface area contributed by atoms with Gasteiger partial charge in [-0.3, -0.25) is 10.2 Å². The van der Waals surface area contributed by atoms with Gasteiger partial charge in [0, 0.05) is 30.0 Å². The molecule has 0 spiro atoms. The van der Waals surface area contributed by atoms with E-state index in [9.17, 15) is 9.18 Å². The third-order valence-corrected chi connectivity index (χ3v) is 3.89. The summed E-state index contributed by atoms with van der Waals surface area (Å²) < 4.78 is 13.5. The highest BCUT2D eigenvalue weighted by Gasteiger charge is 2.21. The molecule has 2 aromatic heterocycles. The van der Waals surface area contributed by atoms with Crippen LogP contribution in [0, 0.1) is 11.2 Å². The number of carbonyl (C=O) groups excluding carboxylic acids is 1. The highest BCUT2D eigenvalue weighted by Crippen LogP contribution is 2.21. The molecular formula is C19H21FN6O. The molecule has 3 rings (SSSR count). The van der Waals surface area contributed by atoms with Gasteiger partial charge in [-0.05, 0) is 39.0 Å². The van der Waals surface area contributed by atoms with Gasteiger partial charge in [0.05, 0.1) is 17.5 Å². The summed E-state index contributed by atoms with van der Waals surface area (Å²) >= 11 is 0. The van der Waals surface area contributed by atoms with Crippen LogP contribution in [-0.2, 0) is 0 Å². The predicted molar refractivity (Wildman–Crippen MR) is 103 cm³/mol. The summed E-state index contributed by atoms with van der Waals surface area (Å²) in [6, 6.07) is 4.11. The minimum Gasteiger partial charge on any atom is -0.387 e. The van der Waals surface area contributed by atoms with Crippen LogP contribution < -0.4 is 10.6 Å². The van der Waals surface area contributed by atoms with Gasteiger partial charge in [-0.1, -0.05) is 0 Å². The van der Waals surface area contributed by atoms with Crippen molar-refractivity contribution in [3.8, 4) is 0 Å². The Hall–Kier alpha value is -3.29. The SMILES string of the molecule is CNc1cc(F)ccc1C(=N)c1cnc2[nH]cc(C(=O)NC(C)(C)C)c2n1. The van der Waals surface area contributed by atoms with Crippen LogP contribution in [0.25, 0.3) is 11.2 Å². The number of hydrogen-bond donors (Lipinski definition) is 4. The fourth-order valence-corrected chi connectivity index (χ4v) is 2.67. The third kappa shape index (κ3) is 3.79. The second-order valence-corrected chi connectivity index (χ2v) is 7.17. The highest BCUT2D eigenvalue weighted by atomic mass is 19.1. The zero-order valence-corrected chi connectivity index (χ0v) is 15.6. The number of nitrogens with zero attached hydrogens (tertiary/aromatic N) is 2. The van der Waals surface area contributed by atoms with E-state index in [2.05, 4.69) is 25.6 Å². The Balaban J connectivity index is 2.03. The molecule has 0 aliphatic heterocycles. The predicted octanol–water partition coefficient (Wildman–Crippen LogP) is 3.08. The maximum atomic E-state index is 13.5. The van der Waals surface area contributed by atoms with E-state index >= 15 is 0 Å². The molecule has 140 valence electrons. The summed E-state index contributed by atoms with van der Waals surface area (Å²) in [7, 11) is 1.65. The lowest BCUT2D eigenvalue weighted by Crippen LogP contribution is -2.40. The average molecular weight is 368 g/mol. The van der Waals surface area contributed by atoms with Crippen LogP contribution in [0.2, 0.25) is 0 Å². The second kappa shape index (κ2) is 6.79. The van der Waals surface area contributed by atoms with E-state index in [0.717, 1.165) is 0 Å². The van der Waals surface area contributed by atoms with Gasteiger partial charge in [-0.15, -0.1) is 0 Å². The molecular weight excluding hydrogens is 347 g/mol. The molecule has 0 aliphatic rings. The Morgan fingerprint density at radius 3 is 2.67 bits per heavy atom. The van der Waals surface area contributed by atoms with E-state index in [0.29, 0.717) is 28.0 Å². The number of rotatable bonds is 4. The number of hydrogen-bond acceptors (Lipinski definition) is 5. The topological polar surface area (TPSA) is 107 Å². The van der Waals surface area contributed by atoms with Gasteiger partial charge >= 0.3 is 0 Å². The molecule has 27 heavy (non-hydrogen) atoms. The number of amides is 1. The quantitative estimate of drug-likeness (QED) is 0.531. The van der Waals surface area contributed by atoms with Crippen molar-refractivity contribution < 1.29 is 9.18 Å². The lowest BCUT2D eigenvalue weighted by atomic mass is 10.0. The third-order valence-electron chi connectivity index (χ3n) is 3.89. The Morgan fingerprint density at radius 1 is 1.26 bits per heavy atom. The van der Waals surface area contributed by atoms with Crippen LogP contribution in [0.15, 0.2) is 30.6 Å². The van der Waals surface area contributed by atoms with Crippen LogP contribution in [-0.4, -0.2) is 39.2 Å². The van der Waals surface area contributed by atoms with E-state index in [4.69, 9.17) is 5.41 Å². The number of benzene rings is 1. The number of fused-ring (bicyclic) bond motifs is 1. The van der Waals surface area contributed by atoms with Gasteiger partial charge < -0.3 is 15.6 Å². The molecule has 1 aromatic carbocycles. The summed E-state index contributed by atoms with van der Waals surface area (Å²) in [5, 5.41) is 14.2. The van der Waals surface area contributed by atoms with Crippen molar-refractivity contribution in [3.63, 3.8) is 0 Å². The number of halogens is 1. The van der Waals surface area contributed by atoms with Crippen LogP contribution >= 0.6 is 0 Å². The molecule has 0 atom stereocenters. The van der Waals surface area contributed by atoms with E-state index in [1.54, 1.807) is 13.2 Å². The van der Waals surface area contributed by atoms with Crippen molar-refractivity contribution in [2.45, 2.75) is 26.3 Å². The molecule has 4 N–H and O–H groups in total. The number of H-pyrrole nitrogens is 1. The largest absolute Gasteiger partial charge is 0.387 e. The van der Waals surface area contributed by atoms with Crippen LogP contribution in [0.1, 0.15) is 42.4 Å². The first kappa shape index (κ1) is 18.5. The molecule has 3 aromatic rings. The lowest BCUT2D eigenvalue weighted by molar-refractivity contribution is 0.0921. The summed E-state index contributed by atoms with van der Waals surface area (Å²) in [5.74, 6) is -0.673. The van der Waals surface area contributed by atoms with Gasteiger partial charge in [-0.2, -0.15) is 0 Å². The van der Waals surface area contributed by atoms with Gasteiger partial charge in [0.1, 0.15) is 17.0 Å². The molecule has 7 nitrogen and oxygen atoms in total. The van der Waals surface area contributed by atoms with Gasteiger partial charge in [-0.25, -0.2) is 14.4 Å². The van der Waals surface area contributed by atoms with E-state index in [-0.39, 0.29) is 17.3 Å². The summed E-state index contributed by atoms with van der Waals surface area (Å²) in [4.78, 5) is 24.2. The van der Waals surface area contributed by atoms with E-state index in [1.165, 1.54) is 24.4 Å². The second-order valence-electron chi connectivity index (χ2n) is 7.17. The fourth-order valence-electron chi connectivity index (χ4n) is 2.67. The van der Waals surface area contributed by atoms with E-state index in [1.807, 2.05) is 20.8 Å². The zero-order valence-electron chi connectivity index (χ0n) is 15.6. The monoisotopic (exact) mass is 368 g/mol. The first-order chi connectivity index (χ1) is 12.7. The normalized spacial score (nSPS) is 11.4. The number of aromatic nitrogens is 3. The van der Waals surface area contributed by atoms with Crippen molar-refractivity contribution in [1.29, 1.82) is 5.41 Å². The van der Waals surface area contributed by atoms with Crippen LogP contribution in [0.3, 0.4) is 0 Å². The van der Waals surface area contributed by atoms with Crippen LogP contribution in [0.5, 0.6) is 0 Å². The molecule has 0 radical (unpaired) electrons. The van der Waals surface area contributed by atoms with Crippen LogP contribution in [0.4, 0.5) is 10.1 Å². The minimum atomic E-state index is -0.399. The summed E-state index contributed by atoms with van der Waals surface area (Å²) in [6.45, 7) is 5.67. The molecule has 2 heterocycles. The number of nitrogens with one attached hydrogen (secondary N) is 4. The number of carbonyl (C=O) groups is 1. The molecule has 0 aliphatic carbocycles. The maximum Gasteiger partial charge on any atom is 0.255 e. The minimum absolute atomic E-state index is 0.0807. The lowest BCUT2D eigenvalue weighted by Gasteiger charge is -2.20. The van der Waals surface area contributed by atoms with Gasteiger partial charge in [0.25, 0.3) is 5.91 Å².